The Morgan fingerprint density at radius 2 is 1.81 bits per heavy atom. The first kappa shape index (κ1) is 21.1. The zero-order chi connectivity index (χ0) is 22.0. The molecule has 5 nitrogen and oxygen atoms in total. The van der Waals surface area contributed by atoms with Crippen molar-refractivity contribution in [2.45, 2.75) is 25.6 Å². The normalized spacial score (nSPS) is 18.4. The van der Waals surface area contributed by atoms with E-state index in [4.69, 9.17) is 21.3 Å². The summed E-state index contributed by atoms with van der Waals surface area (Å²) >= 11 is 6.21. The van der Waals surface area contributed by atoms with Gasteiger partial charge in [0.15, 0.2) is 0 Å². The molecule has 31 heavy (non-hydrogen) atoms. The molecule has 158 valence electrons. The van der Waals surface area contributed by atoms with Gasteiger partial charge in [0.1, 0.15) is 11.9 Å². The Kier molecular flexibility index (Phi) is 6.07. The van der Waals surface area contributed by atoms with Crippen LogP contribution in [0.3, 0.4) is 0 Å². The van der Waals surface area contributed by atoms with E-state index in [0.717, 1.165) is 22.4 Å². The second-order valence-corrected chi connectivity index (χ2v) is 8.02. The molecule has 1 heterocycles. The number of methoxy groups -OCH3 is 1. The van der Waals surface area contributed by atoms with Crippen LogP contribution in [-0.2, 0) is 4.74 Å². The number of ether oxygens (including phenoxy) is 1. The van der Waals surface area contributed by atoms with Crippen molar-refractivity contribution in [1.29, 1.82) is 0 Å². The number of carbonyl (C=O) groups is 1. The number of benzene rings is 3. The fourth-order valence-corrected chi connectivity index (χ4v) is 3.90. The van der Waals surface area contributed by atoms with Crippen LogP contribution in [0.25, 0.3) is 0 Å². The molecule has 1 aliphatic rings. The smallest absolute Gasteiger partial charge is 0.337 e. The maximum absolute atomic E-state index is 11.8. The zero-order valence-corrected chi connectivity index (χ0v) is 18.1. The van der Waals surface area contributed by atoms with E-state index in [1.165, 1.54) is 12.7 Å². The van der Waals surface area contributed by atoms with Gasteiger partial charge < -0.3 is 9.84 Å². The first-order valence-electron chi connectivity index (χ1n) is 10.0. The predicted molar refractivity (Wildman–Crippen MR) is 122 cm³/mol. The van der Waals surface area contributed by atoms with Crippen molar-refractivity contribution in [2.24, 2.45) is 4.99 Å². The Bertz CT molecular complexity index is 1120. The topological polar surface area (TPSA) is 70.9 Å². The SMILES string of the molecule is COC(=O)c1ccc([C@@H]2N=C(c3ccc(C)cc3)C[C@H](c3cc(Cl)ccc3O)N2)cc1. The Labute approximate surface area is 186 Å². The second-order valence-electron chi connectivity index (χ2n) is 7.58. The van der Waals surface area contributed by atoms with Gasteiger partial charge in [0.05, 0.1) is 12.7 Å². The summed E-state index contributed by atoms with van der Waals surface area (Å²) in [5.41, 5.74) is 5.26. The summed E-state index contributed by atoms with van der Waals surface area (Å²) in [6, 6.07) is 20.3. The highest BCUT2D eigenvalue weighted by molar-refractivity contribution is 6.30. The summed E-state index contributed by atoms with van der Waals surface area (Å²) in [5, 5.41) is 14.5. The average Bonchev–Trinajstić information content (AvgIpc) is 2.80. The van der Waals surface area contributed by atoms with Gasteiger partial charge in [-0.3, -0.25) is 10.3 Å². The largest absolute Gasteiger partial charge is 0.508 e. The van der Waals surface area contributed by atoms with Crippen molar-refractivity contribution in [3.05, 3.63) is 99.6 Å². The van der Waals surface area contributed by atoms with Crippen molar-refractivity contribution < 1.29 is 14.6 Å². The molecule has 0 aliphatic carbocycles. The van der Waals surface area contributed by atoms with Crippen LogP contribution in [0.15, 0.2) is 71.7 Å². The monoisotopic (exact) mass is 434 g/mol. The summed E-state index contributed by atoms with van der Waals surface area (Å²) in [6.45, 7) is 2.05. The maximum Gasteiger partial charge on any atom is 0.337 e. The molecule has 0 saturated carbocycles. The lowest BCUT2D eigenvalue weighted by Gasteiger charge is -2.31. The van der Waals surface area contributed by atoms with Crippen LogP contribution in [0.2, 0.25) is 5.02 Å². The first-order valence-corrected chi connectivity index (χ1v) is 10.4. The van der Waals surface area contributed by atoms with Crippen molar-refractivity contribution in [3.63, 3.8) is 0 Å². The number of phenols is 1. The number of esters is 1. The quantitative estimate of drug-likeness (QED) is 0.542. The predicted octanol–water partition coefficient (Wildman–Crippen LogP) is 5.36. The van der Waals surface area contributed by atoms with Crippen molar-refractivity contribution in [2.75, 3.05) is 7.11 Å². The maximum atomic E-state index is 11.8. The standard InChI is InChI=1S/C25H23ClN2O3/c1-15-3-5-16(6-4-15)21-14-22(20-13-19(26)11-12-23(20)29)28-24(27-21)17-7-9-18(10-8-17)25(30)31-2/h3-13,22,24,28-29H,14H2,1-2H3/t22-,24-/m1/s1. The van der Waals surface area contributed by atoms with E-state index in [2.05, 4.69) is 29.6 Å². The number of carbonyl (C=O) groups excluding carboxylic acids is 1. The molecule has 3 aromatic rings. The molecule has 4 rings (SSSR count). The Hall–Kier alpha value is -3.15. The third-order valence-corrected chi connectivity index (χ3v) is 5.67. The number of aliphatic imine (C=N–C) groups is 1. The number of halogens is 1. The molecule has 6 heteroatoms. The van der Waals surface area contributed by atoms with Crippen LogP contribution >= 0.6 is 11.6 Å². The van der Waals surface area contributed by atoms with Gasteiger partial charge in [-0.15, -0.1) is 0 Å². The molecule has 0 saturated heterocycles. The number of phenolic OH excluding ortho intramolecular Hbond substituents is 1. The van der Waals surface area contributed by atoms with E-state index in [1.54, 1.807) is 30.3 Å². The summed E-state index contributed by atoms with van der Waals surface area (Å²) in [5.74, 6) is -0.194. The number of hydrogen-bond donors (Lipinski definition) is 2. The van der Waals surface area contributed by atoms with Crippen LogP contribution in [0, 0.1) is 6.92 Å². The number of aryl methyl sites for hydroxylation is 1. The van der Waals surface area contributed by atoms with Crippen molar-refractivity contribution in [3.8, 4) is 5.75 Å². The minimum Gasteiger partial charge on any atom is -0.508 e. The van der Waals surface area contributed by atoms with E-state index in [1.807, 2.05) is 19.1 Å². The Balaban J connectivity index is 1.73. The number of aromatic hydroxyl groups is 1. The fourth-order valence-electron chi connectivity index (χ4n) is 3.72. The molecular formula is C25H23ClN2O3. The number of hydrogen-bond acceptors (Lipinski definition) is 5. The van der Waals surface area contributed by atoms with E-state index >= 15 is 0 Å². The molecule has 1 aliphatic heterocycles. The van der Waals surface area contributed by atoms with E-state index in [-0.39, 0.29) is 23.9 Å². The lowest BCUT2D eigenvalue weighted by atomic mass is 9.93. The summed E-state index contributed by atoms with van der Waals surface area (Å²) < 4.78 is 4.78. The Morgan fingerprint density at radius 1 is 1.10 bits per heavy atom. The molecule has 2 N–H and O–H groups in total. The zero-order valence-electron chi connectivity index (χ0n) is 17.3. The minimum absolute atomic E-state index is 0.183. The van der Waals surface area contributed by atoms with Crippen molar-refractivity contribution in [1.82, 2.24) is 5.32 Å². The van der Waals surface area contributed by atoms with E-state index in [0.29, 0.717) is 17.0 Å². The third-order valence-electron chi connectivity index (χ3n) is 5.44. The second kappa shape index (κ2) is 8.92. The van der Waals surface area contributed by atoms with E-state index in [9.17, 15) is 9.90 Å². The molecule has 2 atom stereocenters. The van der Waals surface area contributed by atoms with Crippen LogP contribution in [-0.4, -0.2) is 23.9 Å². The van der Waals surface area contributed by atoms with Gasteiger partial charge in [0.2, 0.25) is 0 Å². The van der Waals surface area contributed by atoms with Gasteiger partial charge in [0.25, 0.3) is 0 Å². The minimum atomic E-state index is -0.381. The van der Waals surface area contributed by atoms with Gasteiger partial charge in [-0.05, 0) is 48.4 Å². The van der Waals surface area contributed by atoms with Crippen molar-refractivity contribution >= 4 is 23.3 Å². The van der Waals surface area contributed by atoms with Gasteiger partial charge in [0, 0.05) is 28.8 Å². The molecule has 0 spiro atoms. The highest BCUT2D eigenvalue weighted by Gasteiger charge is 2.28. The lowest BCUT2D eigenvalue weighted by molar-refractivity contribution is 0.0600. The van der Waals surface area contributed by atoms with Gasteiger partial charge in [-0.1, -0.05) is 53.6 Å². The fraction of sp³-hybridized carbons (Fsp3) is 0.200. The van der Waals surface area contributed by atoms with Crippen LogP contribution < -0.4 is 5.32 Å². The summed E-state index contributed by atoms with van der Waals surface area (Å²) in [6.07, 6.45) is 0.258. The molecule has 0 unspecified atom stereocenters. The molecule has 0 fully saturated rings. The van der Waals surface area contributed by atoms with Gasteiger partial charge in [-0.25, -0.2) is 4.79 Å². The number of nitrogens with zero attached hydrogens (tertiary/aromatic N) is 1. The highest BCUT2D eigenvalue weighted by Crippen LogP contribution is 2.35. The average molecular weight is 435 g/mol. The lowest BCUT2D eigenvalue weighted by Crippen LogP contribution is -2.33. The number of nitrogens with one attached hydrogen (secondary N) is 1. The third kappa shape index (κ3) is 4.63. The van der Waals surface area contributed by atoms with Crippen LogP contribution in [0.4, 0.5) is 0 Å². The molecule has 0 bridgehead atoms. The summed E-state index contributed by atoms with van der Waals surface area (Å²) in [4.78, 5) is 16.7. The Morgan fingerprint density at radius 3 is 2.48 bits per heavy atom. The molecule has 0 amide bonds. The van der Waals surface area contributed by atoms with Gasteiger partial charge in [-0.2, -0.15) is 0 Å². The molecule has 0 aromatic heterocycles. The van der Waals surface area contributed by atoms with Crippen LogP contribution in [0.1, 0.15) is 51.2 Å². The van der Waals surface area contributed by atoms with Crippen LogP contribution in [0.5, 0.6) is 5.75 Å². The molecule has 3 aromatic carbocycles. The summed E-state index contributed by atoms with van der Waals surface area (Å²) in [7, 11) is 1.36. The molecule has 0 radical (unpaired) electrons. The van der Waals surface area contributed by atoms with Gasteiger partial charge >= 0.3 is 5.97 Å². The molecular weight excluding hydrogens is 412 g/mol. The first-order chi connectivity index (χ1) is 14.9. The van der Waals surface area contributed by atoms with E-state index < -0.39 is 0 Å². The highest BCUT2D eigenvalue weighted by atomic mass is 35.5. The number of rotatable bonds is 4.